The molecular formula is C13H16BrFN2O2. The van der Waals surface area contributed by atoms with E-state index in [1.54, 1.807) is 12.1 Å². The van der Waals surface area contributed by atoms with Crippen molar-refractivity contribution in [2.45, 2.75) is 24.9 Å². The van der Waals surface area contributed by atoms with E-state index >= 15 is 0 Å². The molecule has 1 aromatic carbocycles. The molecule has 104 valence electrons. The van der Waals surface area contributed by atoms with E-state index in [1.807, 2.05) is 0 Å². The van der Waals surface area contributed by atoms with Crippen molar-refractivity contribution in [3.8, 4) is 0 Å². The van der Waals surface area contributed by atoms with Crippen molar-refractivity contribution in [3.63, 3.8) is 0 Å². The van der Waals surface area contributed by atoms with Gasteiger partial charge in [0.15, 0.2) is 0 Å². The molecule has 0 saturated carbocycles. The topological polar surface area (TPSA) is 64.4 Å². The van der Waals surface area contributed by atoms with Crippen molar-refractivity contribution < 1.29 is 13.9 Å². The lowest BCUT2D eigenvalue weighted by atomic mass is 9.90. The lowest BCUT2D eigenvalue weighted by Crippen LogP contribution is -2.56. The van der Waals surface area contributed by atoms with E-state index in [0.717, 1.165) is 4.47 Å². The van der Waals surface area contributed by atoms with Crippen LogP contribution in [0.15, 0.2) is 22.7 Å². The Kier molecular flexibility index (Phi) is 4.54. The Morgan fingerprint density at radius 1 is 1.47 bits per heavy atom. The van der Waals surface area contributed by atoms with E-state index in [1.165, 1.54) is 6.07 Å². The molecule has 1 fully saturated rings. The average Bonchev–Trinajstić information content (AvgIpc) is 2.40. The minimum absolute atomic E-state index is 0.129. The number of nitrogens with two attached hydrogens (primary N) is 1. The lowest BCUT2D eigenvalue weighted by Gasteiger charge is -2.31. The van der Waals surface area contributed by atoms with Gasteiger partial charge in [-0.1, -0.05) is 15.9 Å². The van der Waals surface area contributed by atoms with E-state index in [-0.39, 0.29) is 18.3 Å². The van der Waals surface area contributed by atoms with E-state index < -0.39 is 5.54 Å². The molecule has 1 aliphatic rings. The average molecular weight is 331 g/mol. The maximum atomic E-state index is 13.5. The van der Waals surface area contributed by atoms with E-state index in [4.69, 9.17) is 10.5 Å². The van der Waals surface area contributed by atoms with Gasteiger partial charge in [-0.15, -0.1) is 0 Å². The van der Waals surface area contributed by atoms with Crippen molar-refractivity contribution >= 4 is 21.8 Å². The molecule has 0 bridgehead atoms. The molecule has 0 aromatic heterocycles. The lowest BCUT2D eigenvalue weighted by molar-refractivity contribution is -0.129. The molecule has 6 heteroatoms. The highest BCUT2D eigenvalue weighted by Crippen LogP contribution is 2.19. The summed E-state index contributed by atoms with van der Waals surface area (Å²) in [7, 11) is 0. The predicted molar refractivity (Wildman–Crippen MR) is 72.9 cm³/mol. The fourth-order valence-electron chi connectivity index (χ4n) is 1.99. The summed E-state index contributed by atoms with van der Waals surface area (Å²) in [6, 6.07) is 4.62. The number of benzene rings is 1. The maximum absolute atomic E-state index is 13.5. The van der Waals surface area contributed by atoms with E-state index in [2.05, 4.69) is 21.2 Å². The summed E-state index contributed by atoms with van der Waals surface area (Å²) < 4.78 is 19.5. The van der Waals surface area contributed by atoms with Crippen LogP contribution >= 0.6 is 15.9 Å². The second-order valence-corrected chi connectivity index (χ2v) is 5.60. The van der Waals surface area contributed by atoms with Gasteiger partial charge in [-0.25, -0.2) is 4.39 Å². The zero-order valence-corrected chi connectivity index (χ0v) is 12.0. The Bertz CT molecular complexity index is 476. The van der Waals surface area contributed by atoms with Gasteiger partial charge in [0.25, 0.3) is 0 Å². The molecule has 0 radical (unpaired) electrons. The molecule has 19 heavy (non-hydrogen) atoms. The number of hydrogen-bond acceptors (Lipinski definition) is 3. The second kappa shape index (κ2) is 5.98. The van der Waals surface area contributed by atoms with Crippen LogP contribution in [0.4, 0.5) is 4.39 Å². The molecule has 1 amide bonds. The Hall–Kier alpha value is -0.980. The molecule has 1 saturated heterocycles. The van der Waals surface area contributed by atoms with Crippen LogP contribution in [0.5, 0.6) is 0 Å². The molecule has 0 aliphatic carbocycles. The van der Waals surface area contributed by atoms with Gasteiger partial charge in [-0.05, 0) is 31.0 Å². The summed E-state index contributed by atoms with van der Waals surface area (Å²) in [4.78, 5) is 12.1. The molecule has 1 heterocycles. The summed E-state index contributed by atoms with van der Waals surface area (Å²) in [6.45, 7) is 1.09. The first-order chi connectivity index (χ1) is 9.01. The zero-order valence-electron chi connectivity index (χ0n) is 10.4. The minimum atomic E-state index is -0.902. The first-order valence-electron chi connectivity index (χ1n) is 6.10. The highest BCUT2D eigenvalue weighted by atomic mass is 79.9. The quantitative estimate of drug-likeness (QED) is 0.886. The monoisotopic (exact) mass is 330 g/mol. The van der Waals surface area contributed by atoms with E-state index in [9.17, 15) is 9.18 Å². The molecule has 0 atom stereocenters. The van der Waals surface area contributed by atoms with E-state index in [0.29, 0.717) is 31.6 Å². The summed E-state index contributed by atoms with van der Waals surface area (Å²) in [6.07, 6.45) is 0.972. The van der Waals surface area contributed by atoms with Crippen molar-refractivity contribution in [1.29, 1.82) is 0 Å². The fraction of sp³-hybridized carbons (Fsp3) is 0.462. The highest BCUT2D eigenvalue weighted by Gasteiger charge is 2.35. The second-order valence-electron chi connectivity index (χ2n) is 4.69. The number of nitrogens with one attached hydrogen (secondary N) is 1. The van der Waals surface area contributed by atoms with Crippen LogP contribution in [0.2, 0.25) is 0 Å². The van der Waals surface area contributed by atoms with Crippen molar-refractivity contribution in [3.05, 3.63) is 34.1 Å². The molecule has 2 rings (SSSR count). The third-order valence-electron chi connectivity index (χ3n) is 3.28. The van der Waals surface area contributed by atoms with Gasteiger partial charge in [-0.2, -0.15) is 0 Å². The standard InChI is InChI=1S/C13H16BrFN2O2/c14-10-1-2-11(15)9(7-10)8-17-12(18)13(16)3-5-19-6-4-13/h1-2,7H,3-6,8,16H2,(H,17,18). The Balaban J connectivity index is 1.98. The van der Waals surface area contributed by atoms with Crippen LogP contribution in [0.3, 0.4) is 0 Å². The van der Waals surface area contributed by atoms with Gasteiger partial charge < -0.3 is 15.8 Å². The zero-order chi connectivity index (χ0) is 13.9. The van der Waals surface area contributed by atoms with Gasteiger partial charge in [0.1, 0.15) is 5.82 Å². The summed E-state index contributed by atoms with van der Waals surface area (Å²) in [5.74, 6) is -0.600. The van der Waals surface area contributed by atoms with Crippen molar-refractivity contribution in [2.75, 3.05) is 13.2 Å². The van der Waals surface area contributed by atoms with Crippen molar-refractivity contribution in [1.82, 2.24) is 5.32 Å². The predicted octanol–water partition coefficient (Wildman–Crippen LogP) is 1.71. The Morgan fingerprint density at radius 2 is 2.16 bits per heavy atom. The van der Waals surface area contributed by atoms with Gasteiger partial charge in [0.05, 0.1) is 5.54 Å². The molecule has 3 N–H and O–H groups in total. The number of ether oxygens (including phenoxy) is 1. The number of carbonyl (C=O) groups is 1. The van der Waals surface area contributed by atoms with Crippen LogP contribution in [-0.4, -0.2) is 24.7 Å². The Labute approximate surface area is 119 Å². The van der Waals surface area contributed by atoms with Crippen LogP contribution in [0.1, 0.15) is 18.4 Å². The van der Waals surface area contributed by atoms with Crippen LogP contribution < -0.4 is 11.1 Å². The third-order valence-corrected chi connectivity index (χ3v) is 3.78. The van der Waals surface area contributed by atoms with Gasteiger partial charge in [-0.3, -0.25) is 4.79 Å². The normalized spacial score (nSPS) is 18.1. The van der Waals surface area contributed by atoms with Crippen molar-refractivity contribution in [2.24, 2.45) is 5.73 Å². The summed E-state index contributed by atoms with van der Waals surface area (Å²) in [5, 5.41) is 2.70. The first kappa shape index (κ1) is 14.4. The summed E-state index contributed by atoms with van der Waals surface area (Å²) in [5.41, 5.74) is 5.57. The number of hydrogen-bond donors (Lipinski definition) is 2. The van der Waals surface area contributed by atoms with Crippen LogP contribution in [0.25, 0.3) is 0 Å². The highest BCUT2D eigenvalue weighted by molar-refractivity contribution is 9.10. The first-order valence-corrected chi connectivity index (χ1v) is 6.89. The number of carbonyl (C=O) groups excluding carboxylic acids is 1. The smallest absolute Gasteiger partial charge is 0.240 e. The molecular weight excluding hydrogens is 315 g/mol. The molecule has 1 aromatic rings. The van der Waals surface area contributed by atoms with Crippen LogP contribution in [0, 0.1) is 5.82 Å². The van der Waals surface area contributed by atoms with Gasteiger partial charge >= 0.3 is 0 Å². The summed E-state index contributed by atoms with van der Waals surface area (Å²) >= 11 is 3.27. The van der Waals surface area contributed by atoms with Gasteiger partial charge in [0.2, 0.25) is 5.91 Å². The fourth-order valence-corrected chi connectivity index (χ4v) is 2.40. The SMILES string of the molecule is NC1(C(=O)NCc2cc(Br)ccc2F)CCOCC1. The van der Waals surface area contributed by atoms with Gasteiger partial charge in [0, 0.05) is 29.8 Å². The minimum Gasteiger partial charge on any atom is -0.381 e. The molecule has 4 nitrogen and oxygen atoms in total. The number of rotatable bonds is 3. The number of halogens is 2. The maximum Gasteiger partial charge on any atom is 0.240 e. The molecule has 0 spiro atoms. The largest absolute Gasteiger partial charge is 0.381 e. The molecule has 1 aliphatic heterocycles. The Morgan fingerprint density at radius 3 is 2.84 bits per heavy atom. The number of amides is 1. The third kappa shape index (κ3) is 3.52. The molecule has 0 unspecified atom stereocenters. The van der Waals surface area contributed by atoms with Crippen LogP contribution in [-0.2, 0) is 16.1 Å².